The van der Waals surface area contributed by atoms with Gasteiger partial charge in [-0.1, -0.05) is 24.8 Å². The molecule has 3 nitrogen and oxygen atoms in total. The van der Waals surface area contributed by atoms with E-state index in [1.54, 1.807) is 7.11 Å². The zero-order chi connectivity index (χ0) is 17.2. The van der Waals surface area contributed by atoms with Crippen molar-refractivity contribution in [1.82, 2.24) is 4.90 Å². The maximum absolute atomic E-state index is 5.33. The molecule has 0 aromatic rings. The van der Waals surface area contributed by atoms with Gasteiger partial charge >= 0.3 is 0 Å². The van der Waals surface area contributed by atoms with E-state index in [-0.39, 0.29) is 6.10 Å². The maximum atomic E-state index is 5.33. The Morgan fingerprint density at radius 3 is 2.61 bits per heavy atom. The number of hydrogen-bond donors (Lipinski definition) is 0. The number of methoxy groups -OCH3 is 1. The first kappa shape index (κ1) is 19.9. The second kappa shape index (κ2) is 10.6. The second-order valence-electron chi connectivity index (χ2n) is 6.67. The van der Waals surface area contributed by atoms with Gasteiger partial charge in [0.05, 0.1) is 11.8 Å². The minimum Gasteiger partial charge on any atom is -0.378 e. The third kappa shape index (κ3) is 8.29. The maximum Gasteiger partial charge on any atom is 0.0730 e. The van der Waals surface area contributed by atoms with Crippen molar-refractivity contribution in [1.29, 1.82) is 0 Å². The topological polar surface area (TPSA) is 24.8 Å². The fourth-order valence-corrected chi connectivity index (χ4v) is 2.68. The molecule has 1 aliphatic carbocycles. The zero-order valence-electron chi connectivity index (χ0n) is 15.6. The van der Waals surface area contributed by atoms with Gasteiger partial charge in [-0.2, -0.15) is 0 Å². The number of allylic oxidation sites excluding steroid dienone is 4. The largest absolute Gasteiger partial charge is 0.378 e. The SMILES string of the molecule is C=C/C=C(\C)C(=NCCCN(C)CC1CC1)C(C)=CC(C)OC. The fraction of sp³-hybridized carbons (Fsp3) is 0.650. The van der Waals surface area contributed by atoms with Crippen molar-refractivity contribution in [2.45, 2.75) is 46.1 Å². The molecule has 1 rings (SSSR count). The molecule has 0 saturated heterocycles. The smallest absolute Gasteiger partial charge is 0.0730 e. The molecular weight excluding hydrogens is 284 g/mol. The summed E-state index contributed by atoms with van der Waals surface area (Å²) in [5.74, 6) is 0.956. The average molecular weight is 319 g/mol. The van der Waals surface area contributed by atoms with Crippen LogP contribution in [0.5, 0.6) is 0 Å². The molecule has 130 valence electrons. The van der Waals surface area contributed by atoms with Gasteiger partial charge in [0.25, 0.3) is 0 Å². The molecule has 23 heavy (non-hydrogen) atoms. The molecule has 3 heteroatoms. The molecule has 0 heterocycles. The lowest BCUT2D eigenvalue weighted by Gasteiger charge is -2.15. The normalized spacial score (nSPS) is 18.4. The molecule has 0 amide bonds. The highest BCUT2D eigenvalue weighted by Gasteiger charge is 2.22. The van der Waals surface area contributed by atoms with Gasteiger partial charge < -0.3 is 9.64 Å². The van der Waals surface area contributed by atoms with E-state index in [1.165, 1.54) is 25.0 Å². The lowest BCUT2D eigenvalue weighted by molar-refractivity contribution is 0.156. The summed E-state index contributed by atoms with van der Waals surface area (Å²) in [6.07, 6.45) is 9.99. The Hall–Kier alpha value is -1.19. The van der Waals surface area contributed by atoms with Gasteiger partial charge in [0.2, 0.25) is 0 Å². The zero-order valence-corrected chi connectivity index (χ0v) is 15.6. The number of aliphatic imine (C=N–C) groups is 1. The van der Waals surface area contributed by atoms with Gasteiger partial charge in [-0.15, -0.1) is 0 Å². The predicted octanol–water partition coefficient (Wildman–Crippen LogP) is 4.27. The first-order chi connectivity index (χ1) is 11.0. The van der Waals surface area contributed by atoms with E-state index < -0.39 is 0 Å². The quantitative estimate of drug-likeness (QED) is 0.323. The van der Waals surface area contributed by atoms with E-state index in [9.17, 15) is 0 Å². The molecule has 0 aromatic carbocycles. The van der Waals surface area contributed by atoms with Gasteiger partial charge in [0.1, 0.15) is 0 Å². The minimum absolute atomic E-state index is 0.0985. The molecule has 1 fully saturated rings. The van der Waals surface area contributed by atoms with Crippen molar-refractivity contribution >= 4 is 5.71 Å². The Morgan fingerprint density at radius 2 is 2.04 bits per heavy atom. The van der Waals surface area contributed by atoms with Crippen molar-refractivity contribution < 1.29 is 4.74 Å². The van der Waals surface area contributed by atoms with Gasteiger partial charge in [0, 0.05) is 20.2 Å². The van der Waals surface area contributed by atoms with Crippen LogP contribution in [0.1, 0.15) is 40.0 Å². The molecule has 0 aliphatic heterocycles. The highest BCUT2D eigenvalue weighted by atomic mass is 16.5. The van der Waals surface area contributed by atoms with Crippen molar-refractivity contribution in [2.24, 2.45) is 10.9 Å². The predicted molar refractivity (Wildman–Crippen MR) is 101 cm³/mol. The van der Waals surface area contributed by atoms with Crippen LogP contribution in [0.2, 0.25) is 0 Å². The molecule has 1 unspecified atom stereocenters. The van der Waals surface area contributed by atoms with Crippen LogP contribution in [-0.2, 0) is 4.74 Å². The molecule has 0 radical (unpaired) electrons. The van der Waals surface area contributed by atoms with Gasteiger partial charge in [0.15, 0.2) is 0 Å². The molecule has 0 aromatic heterocycles. The Balaban J connectivity index is 2.61. The van der Waals surface area contributed by atoms with Crippen molar-refractivity contribution in [3.05, 3.63) is 36.0 Å². The Labute approximate surface area is 142 Å². The van der Waals surface area contributed by atoms with Gasteiger partial charge in [-0.3, -0.25) is 4.99 Å². The highest BCUT2D eigenvalue weighted by Crippen LogP contribution is 2.29. The fourth-order valence-electron chi connectivity index (χ4n) is 2.68. The van der Waals surface area contributed by atoms with E-state index in [4.69, 9.17) is 9.73 Å². The third-order valence-electron chi connectivity index (χ3n) is 4.21. The summed E-state index contributed by atoms with van der Waals surface area (Å²) in [5, 5.41) is 0. The van der Waals surface area contributed by atoms with Gasteiger partial charge in [-0.05, 0) is 70.7 Å². The van der Waals surface area contributed by atoms with Crippen LogP contribution in [-0.4, -0.2) is 50.5 Å². The molecular formula is C20H34N2O. The van der Waals surface area contributed by atoms with E-state index in [0.29, 0.717) is 0 Å². The van der Waals surface area contributed by atoms with E-state index in [1.807, 2.05) is 19.1 Å². The van der Waals surface area contributed by atoms with Crippen molar-refractivity contribution in [3.8, 4) is 0 Å². The highest BCUT2D eigenvalue weighted by molar-refractivity contribution is 6.11. The molecule has 0 bridgehead atoms. The summed E-state index contributed by atoms with van der Waals surface area (Å²) in [5.41, 5.74) is 3.39. The molecule has 1 atom stereocenters. The third-order valence-corrected chi connectivity index (χ3v) is 4.21. The molecule has 0 spiro atoms. The lowest BCUT2D eigenvalue weighted by atomic mass is 10.0. The average Bonchev–Trinajstić information content (AvgIpc) is 3.30. The number of rotatable bonds is 11. The van der Waals surface area contributed by atoms with Crippen molar-refractivity contribution in [2.75, 3.05) is 33.8 Å². The van der Waals surface area contributed by atoms with Crippen LogP contribution in [0.4, 0.5) is 0 Å². The summed E-state index contributed by atoms with van der Waals surface area (Å²) in [6.45, 7) is 13.3. The van der Waals surface area contributed by atoms with Gasteiger partial charge in [-0.25, -0.2) is 0 Å². The number of hydrogen-bond acceptors (Lipinski definition) is 3. The summed E-state index contributed by atoms with van der Waals surface area (Å²) in [7, 11) is 3.95. The summed E-state index contributed by atoms with van der Waals surface area (Å²) in [6, 6.07) is 0. The molecule has 1 aliphatic rings. The number of ether oxygens (including phenoxy) is 1. The minimum atomic E-state index is 0.0985. The lowest BCUT2D eigenvalue weighted by Crippen LogP contribution is -2.22. The Morgan fingerprint density at radius 1 is 1.35 bits per heavy atom. The van der Waals surface area contributed by atoms with Crippen molar-refractivity contribution in [3.63, 3.8) is 0 Å². The summed E-state index contributed by atoms with van der Waals surface area (Å²) < 4.78 is 5.33. The van der Waals surface area contributed by atoms with E-state index in [0.717, 1.165) is 36.7 Å². The van der Waals surface area contributed by atoms with Crippen LogP contribution >= 0.6 is 0 Å². The Kier molecular flexibility index (Phi) is 9.12. The summed E-state index contributed by atoms with van der Waals surface area (Å²) >= 11 is 0. The standard InChI is InChI=1S/C20H34N2O/c1-7-9-16(2)20(17(3)14-18(4)23-6)21-12-8-13-22(5)15-19-10-11-19/h7,9,14,18-19H,1,8,10-13,15H2,2-6H3/b16-9+,17-14?,21-20?. The summed E-state index contributed by atoms with van der Waals surface area (Å²) in [4.78, 5) is 7.29. The first-order valence-electron chi connectivity index (χ1n) is 8.72. The second-order valence-corrected chi connectivity index (χ2v) is 6.67. The van der Waals surface area contributed by atoms with Crippen LogP contribution in [0.25, 0.3) is 0 Å². The van der Waals surface area contributed by atoms with Crippen LogP contribution in [0.15, 0.2) is 40.9 Å². The monoisotopic (exact) mass is 318 g/mol. The van der Waals surface area contributed by atoms with E-state index in [2.05, 4.69) is 38.5 Å². The van der Waals surface area contributed by atoms with Crippen LogP contribution in [0, 0.1) is 5.92 Å². The van der Waals surface area contributed by atoms with Crippen LogP contribution < -0.4 is 0 Å². The number of nitrogens with zero attached hydrogens (tertiary/aromatic N) is 2. The molecule has 1 saturated carbocycles. The first-order valence-corrected chi connectivity index (χ1v) is 8.72. The van der Waals surface area contributed by atoms with E-state index >= 15 is 0 Å². The van der Waals surface area contributed by atoms with Crippen LogP contribution in [0.3, 0.4) is 0 Å². The molecule has 0 N–H and O–H groups in total. The Bertz CT molecular complexity index is 458.